The van der Waals surface area contributed by atoms with E-state index in [2.05, 4.69) is 111 Å². The second-order valence-electron chi connectivity index (χ2n) is 22.6. The topological polar surface area (TPSA) is 114 Å². The molecule has 0 heterocycles. The van der Waals surface area contributed by atoms with Crippen molar-refractivity contribution in [3.05, 3.63) is 97.2 Å². The number of nitrogens with one attached hydrogen (secondary N) is 1. The van der Waals surface area contributed by atoms with Gasteiger partial charge in [0.1, 0.15) is 19.3 Å². The van der Waals surface area contributed by atoms with Gasteiger partial charge in [-0.2, -0.15) is 0 Å². The number of hydrogen-bond donors (Lipinski definition) is 1. The zero-order chi connectivity index (χ0) is 57.2. The maximum Gasteiger partial charge on any atom is 0.306 e. The Hall–Kier alpha value is -3.07. The van der Waals surface area contributed by atoms with Gasteiger partial charge in [0.05, 0.1) is 33.8 Å². The van der Waals surface area contributed by atoms with Crippen molar-refractivity contribution in [3.63, 3.8) is 0 Å². The molecule has 0 saturated heterocycles. The molecule has 0 spiro atoms. The first-order valence-electron chi connectivity index (χ1n) is 32.0. The molecule has 0 bridgehead atoms. The third kappa shape index (κ3) is 57.6. The molecule has 1 amide bonds. The van der Waals surface area contributed by atoms with Crippen LogP contribution >= 0.6 is 7.82 Å². The highest BCUT2D eigenvalue weighted by Gasteiger charge is 2.27. The molecule has 0 aromatic rings. The third-order valence-electron chi connectivity index (χ3n) is 13.7. The fraction of sp³-hybridized carbons (Fsp3) is 0.735. The molecule has 0 aromatic carbocycles. The normalized spacial score (nSPS) is 14.3. The van der Waals surface area contributed by atoms with E-state index in [0.29, 0.717) is 23.9 Å². The zero-order valence-electron chi connectivity index (χ0n) is 51.3. The summed E-state index contributed by atoms with van der Waals surface area (Å²) in [5, 5.41) is 3.01. The van der Waals surface area contributed by atoms with E-state index in [4.69, 9.17) is 13.8 Å². The molecule has 0 rings (SSSR count). The van der Waals surface area contributed by atoms with Crippen LogP contribution in [0.1, 0.15) is 271 Å². The number of hydrogen-bond acceptors (Lipinski definition) is 7. The largest absolute Gasteiger partial charge is 0.756 e. The van der Waals surface area contributed by atoms with Gasteiger partial charge in [-0.15, -0.1) is 0 Å². The summed E-state index contributed by atoms with van der Waals surface area (Å²) in [5.41, 5.74) is 0. The van der Waals surface area contributed by atoms with E-state index in [-0.39, 0.29) is 18.9 Å². The number of nitrogens with zero attached hydrogens (tertiary/aromatic N) is 1. The number of rotatable bonds is 57. The van der Waals surface area contributed by atoms with Crippen molar-refractivity contribution < 1.29 is 37.3 Å². The fourth-order valence-electron chi connectivity index (χ4n) is 8.76. The first-order valence-corrected chi connectivity index (χ1v) is 33.5. The van der Waals surface area contributed by atoms with Crippen LogP contribution in [-0.4, -0.2) is 69.4 Å². The molecule has 450 valence electrons. The number of likely N-dealkylation sites (N-methyl/N-ethyl adjacent to an activating group) is 1. The maximum absolute atomic E-state index is 13.5. The summed E-state index contributed by atoms with van der Waals surface area (Å²) in [6.45, 7) is 6.75. The lowest BCUT2D eigenvalue weighted by atomic mass is 10.0. The van der Waals surface area contributed by atoms with Crippen molar-refractivity contribution >= 4 is 19.7 Å². The molecule has 78 heavy (non-hydrogen) atoms. The number of carbonyl (C=O) groups excluding carboxylic acids is 2. The number of amides is 1. The lowest BCUT2D eigenvalue weighted by Crippen LogP contribution is -2.47. The van der Waals surface area contributed by atoms with E-state index in [0.717, 1.165) is 89.9 Å². The van der Waals surface area contributed by atoms with Gasteiger partial charge in [-0.25, -0.2) is 0 Å². The van der Waals surface area contributed by atoms with Crippen LogP contribution in [0.2, 0.25) is 0 Å². The van der Waals surface area contributed by atoms with E-state index < -0.39 is 32.5 Å². The van der Waals surface area contributed by atoms with Gasteiger partial charge in [0.25, 0.3) is 7.82 Å². The van der Waals surface area contributed by atoms with Gasteiger partial charge in [0.2, 0.25) is 5.91 Å². The van der Waals surface area contributed by atoms with Gasteiger partial charge >= 0.3 is 5.97 Å². The highest BCUT2D eigenvalue weighted by molar-refractivity contribution is 7.45. The van der Waals surface area contributed by atoms with E-state index in [9.17, 15) is 19.0 Å². The van der Waals surface area contributed by atoms with Crippen LogP contribution in [0, 0.1) is 0 Å². The summed E-state index contributed by atoms with van der Waals surface area (Å²) in [7, 11) is 1.14. The second-order valence-corrected chi connectivity index (χ2v) is 24.0. The second kappa shape index (κ2) is 57.2. The van der Waals surface area contributed by atoms with Crippen molar-refractivity contribution in [1.29, 1.82) is 0 Å². The van der Waals surface area contributed by atoms with Crippen LogP contribution in [0.4, 0.5) is 0 Å². The van der Waals surface area contributed by atoms with Gasteiger partial charge in [-0.3, -0.25) is 14.2 Å². The average Bonchev–Trinajstić information content (AvgIpc) is 3.40. The van der Waals surface area contributed by atoms with Crippen molar-refractivity contribution in [2.75, 3.05) is 40.9 Å². The van der Waals surface area contributed by atoms with Crippen LogP contribution in [-0.2, 0) is 27.9 Å². The van der Waals surface area contributed by atoms with Gasteiger partial charge in [0.15, 0.2) is 0 Å². The van der Waals surface area contributed by atoms with Crippen molar-refractivity contribution in [2.24, 2.45) is 0 Å². The lowest BCUT2D eigenvalue weighted by molar-refractivity contribution is -0.870. The summed E-state index contributed by atoms with van der Waals surface area (Å²) in [6.07, 6.45) is 76.7. The number of allylic oxidation sites excluding steroid dienone is 15. The predicted octanol–water partition coefficient (Wildman–Crippen LogP) is 19.3. The van der Waals surface area contributed by atoms with E-state index in [1.807, 2.05) is 33.3 Å². The molecule has 0 aliphatic carbocycles. The molecule has 3 atom stereocenters. The highest BCUT2D eigenvalue weighted by atomic mass is 31.2. The molecule has 0 aliphatic rings. The average molecular weight is 1110 g/mol. The molecule has 9 nitrogen and oxygen atoms in total. The number of esters is 1. The minimum atomic E-state index is -4.72. The monoisotopic (exact) mass is 1110 g/mol. The number of unbranched alkanes of at least 4 members (excludes halogenated alkanes) is 27. The Morgan fingerprint density at radius 2 is 0.795 bits per heavy atom. The predicted molar refractivity (Wildman–Crippen MR) is 334 cm³/mol. The number of phosphoric ester groups is 1. The Morgan fingerprint density at radius 3 is 1.22 bits per heavy atom. The number of ether oxygens (including phenoxy) is 1. The van der Waals surface area contributed by atoms with E-state index >= 15 is 0 Å². The molecule has 1 N–H and O–H groups in total. The minimum Gasteiger partial charge on any atom is -0.756 e. The minimum absolute atomic E-state index is 0.0355. The molecule has 0 aliphatic heterocycles. The van der Waals surface area contributed by atoms with Gasteiger partial charge in [-0.1, -0.05) is 247 Å². The summed E-state index contributed by atoms with van der Waals surface area (Å²) < 4.78 is 30.3. The summed E-state index contributed by atoms with van der Waals surface area (Å²) in [6, 6.07) is -0.918. The van der Waals surface area contributed by atoms with Crippen LogP contribution in [0.25, 0.3) is 0 Å². The molecule has 0 radical (unpaired) electrons. The first kappa shape index (κ1) is 74.9. The maximum atomic E-state index is 13.5. The summed E-state index contributed by atoms with van der Waals surface area (Å²) >= 11 is 0. The quantitative estimate of drug-likeness (QED) is 0.0212. The Balaban J connectivity index is 5.27. The molecule has 0 saturated carbocycles. The number of carbonyl (C=O) groups is 2. The summed E-state index contributed by atoms with van der Waals surface area (Å²) in [5.74, 6) is -0.612. The summed E-state index contributed by atoms with van der Waals surface area (Å²) in [4.78, 5) is 40.0. The Bertz CT molecular complexity index is 1660. The fourth-order valence-corrected chi connectivity index (χ4v) is 9.48. The van der Waals surface area contributed by atoms with Crippen LogP contribution < -0.4 is 10.2 Å². The van der Waals surface area contributed by atoms with Crippen molar-refractivity contribution in [1.82, 2.24) is 5.32 Å². The van der Waals surface area contributed by atoms with Crippen LogP contribution in [0.15, 0.2) is 97.2 Å². The Morgan fingerprint density at radius 1 is 0.449 bits per heavy atom. The van der Waals surface area contributed by atoms with Crippen molar-refractivity contribution in [2.45, 2.75) is 283 Å². The Labute approximate surface area is 481 Å². The Kier molecular flexibility index (Phi) is 54.9. The number of phosphoric acid groups is 1. The molecule has 0 fully saturated rings. The molecular formula is C68H121N2O7P. The lowest BCUT2D eigenvalue weighted by Gasteiger charge is -2.30. The standard InChI is InChI=1S/C68H121N2O7P/c1-7-10-13-16-19-22-25-28-30-32-33-34-35-36-37-39-40-42-45-48-51-54-57-60-67(71)69-65(64-76-78(73,74)75-63-62-70(4,5)6)66(59-56-53-50-47-44-27-24-21-18-15-12-9-3)77-68(72)61-58-55-52-49-46-43-41-38-31-29-26-23-20-17-14-11-8-2/h19-20,22-23,28-31,33-34,41,43,49,52,56,59,65-66H,7-18,21,24-27,32,35-40,42,44-48,50-51,53-55,57-58,60-64H2,1-6H3,(H-,69,71,73,74)/b22-19-,23-20-,30-28-,31-29-,34-33-,43-41-,52-49-,59-56-. The van der Waals surface area contributed by atoms with Crippen LogP contribution in [0.3, 0.4) is 0 Å². The molecule has 10 heteroatoms. The van der Waals surface area contributed by atoms with E-state index in [1.54, 1.807) is 0 Å². The smallest absolute Gasteiger partial charge is 0.306 e. The molecule has 0 aromatic heterocycles. The van der Waals surface area contributed by atoms with Crippen LogP contribution in [0.5, 0.6) is 0 Å². The molecule has 3 unspecified atom stereocenters. The van der Waals surface area contributed by atoms with Gasteiger partial charge < -0.3 is 28.5 Å². The van der Waals surface area contributed by atoms with Crippen molar-refractivity contribution in [3.8, 4) is 0 Å². The van der Waals surface area contributed by atoms with E-state index in [1.165, 1.54) is 141 Å². The SMILES string of the molecule is CCCCC/C=C\C/C=C\C/C=C\C/C=C\CCCC(=O)OC(/C=C\CCCCCCCCCCCC)C(COP(=O)([O-])OCC[N+](C)(C)C)NC(=O)CCCCCCCCCCCC/C=C\C/C=C\C/C=C\CCCCC. The zero-order valence-corrected chi connectivity index (χ0v) is 52.2. The number of quaternary nitrogens is 1. The first-order chi connectivity index (χ1) is 37.9. The molecular weight excluding hydrogens is 988 g/mol. The van der Waals surface area contributed by atoms with Gasteiger partial charge in [-0.05, 0) is 109 Å². The van der Waals surface area contributed by atoms with Gasteiger partial charge in [0, 0.05) is 12.8 Å². The third-order valence-corrected chi connectivity index (χ3v) is 14.7. The highest BCUT2D eigenvalue weighted by Crippen LogP contribution is 2.38.